The molecule has 2 heterocycles. The van der Waals surface area contributed by atoms with Crippen LogP contribution in [-0.4, -0.2) is 29.0 Å². The predicted molar refractivity (Wildman–Crippen MR) is 96.1 cm³/mol. The van der Waals surface area contributed by atoms with Gasteiger partial charge in [-0.25, -0.2) is 0 Å². The average Bonchev–Trinajstić information content (AvgIpc) is 3.24. The number of fused-ring (bicyclic) bond motifs is 1. The number of aromatic hydroxyl groups is 1. The molecule has 6 heteroatoms. The largest absolute Gasteiger partial charge is 0.508 e. The van der Waals surface area contributed by atoms with Gasteiger partial charge in [0.25, 0.3) is 0 Å². The van der Waals surface area contributed by atoms with Gasteiger partial charge in [0.1, 0.15) is 5.75 Å². The van der Waals surface area contributed by atoms with Crippen LogP contribution >= 0.6 is 0 Å². The van der Waals surface area contributed by atoms with Gasteiger partial charge >= 0.3 is 0 Å². The Bertz CT molecular complexity index is 935. The number of hydrogen-bond acceptors (Lipinski definition) is 6. The number of benzene rings is 2. The molecule has 1 aliphatic rings. The Labute approximate surface area is 151 Å². The van der Waals surface area contributed by atoms with Gasteiger partial charge in [0.15, 0.2) is 17.3 Å². The Kier molecular flexibility index (Phi) is 4.26. The van der Waals surface area contributed by atoms with Gasteiger partial charge < -0.3 is 19.1 Å². The van der Waals surface area contributed by atoms with E-state index in [2.05, 4.69) is 10.1 Å². The fourth-order valence-corrected chi connectivity index (χ4v) is 3.07. The van der Waals surface area contributed by atoms with Crippen LogP contribution in [0.4, 0.5) is 0 Å². The molecule has 26 heavy (non-hydrogen) atoms. The van der Waals surface area contributed by atoms with E-state index < -0.39 is 0 Å². The van der Waals surface area contributed by atoms with Crippen molar-refractivity contribution in [2.24, 2.45) is 0 Å². The van der Waals surface area contributed by atoms with Crippen LogP contribution in [0.15, 0.2) is 47.0 Å². The first-order valence-corrected chi connectivity index (χ1v) is 8.41. The number of ether oxygens (including phenoxy) is 2. The van der Waals surface area contributed by atoms with E-state index in [1.807, 2.05) is 50.4 Å². The summed E-state index contributed by atoms with van der Waals surface area (Å²) in [6, 6.07) is 13.4. The van der Waals surface area contributed by atoms with Gasteiger partial charge in [-0.2, -0.15) is 0 Å². The zero-order chi connectivity index (χ0) is 18.1. The number of hydrogen-bond donors (Lipinski definition) is 1. The summed E-state index contributed by atoms with van der Waals surface area (Å²) in [5, 5.41) is 14.2. The number of aryl methyl sites for hydroxylation is 1. The first-order chi connectivity index (χ1) is 12.6. The zero-order valence-electron chi connectivity index (χ0n) is 14.7. The summed E-state index contributed by atoms with van der Waals surface area (Å²) in [5.74, 6) is 2.58. The summed E-state index contributed by atoms with van der Waals surface area (Å²) in [5.41, 5.74) is 3.74. The Morgan fingerprint density at radius 1 is 1.00 bits per heavy atom. The molecule has 1 aromatic heterocycles. The van der Waals surface area contributed by atoms with Crippen LogP contribution < -0.4 is 9.47 Å². The predicted octanol–water partition coefficient (Wildman–Crippen LogP) is 3.72. The maximum atomic E-state index is 10.2. The Hall–Kier alpha value is -2.99. The van der Waals surface area contributed by atoms with E-state index in [0.29, 0.717) is 13.1 Å². The third-order valence-corrected chi connectivity index (χ3v) is 4.33. The SMILES string of the molecule is Cc1cc(CN(C)Cc2cc(-c3ccc4c(c3)OCO4)ccc2O)on1. The van der Waals surface area contributed by atoms with Crippen molar-refractivity contribution in [3.8, 4) is 28.4 Å². The lowest BCUT2D eigenvalue weighted by Crippen LogP contribution is -2.17. The van der Waals surface area contributed by atoms with Crippen LogP contribution in [0.1, 0.15) is 17.0 Å². The number of phenolic OH excluding ortho intramolecular Hbond substituents is 1. The zero-order valence-corrected chi connectivity index (χ0v) is 14.7. The van der Waals surface area contributed by atoms with E-state index in [1.165, 1.54) is 0 Å². The van der Waals surface area contributed by atoms with Crippen molar-refractivity contribution >= 4 is 0 Å². The average molecular weight is 352 g/mol. The van der Waals surface area contributed by atoms with Crippen molar-refractivity contribution in [3.05, 3.63) is 59.5 Å². The topological polar surface area (TPSA) is 68.0 Å². The summed E-state index contributed by atoms with van der Waals surface area (Å²) in [7, 11) is 1.98. The third-order valence-electron chi connectivity index (χ3n) is 4.33. The summed E-state index contributed by atoms with van der Waals surface area (Å²) in [6.07, 6.45) is 0. The van der Waals surface area contributed by atoms with Crippen LogP contribution in [0.3, 0.4) is 0 Å². The lowest BCUT2D eigenvalue weighted by Gasteiger charge is -2.16. The number of phenols is 1. The molecule has 3 aromatic rings. The maximum Gasteiger partial charge on any atom is 0.231 e. The van der Waals surface area contributed by atoms with Crippen molar-refractivity contribution < 1.29 is 19.1 Å². The summed E-state index contributed by atoms with van der Waals surface area (Å²) < 4.78 is 16.1. The van der Waals surface area contributed by atoms with Crippen LogP contribution in [0.2, 0.25) is 0 Å². The third kappa shape index (κ3) is 3.36. The van der Waals surface area contributed by atoms with Crippen molar-refractivity contribution in [2.75, 3.05) is 13.8 Å². The monoisotopic (exact) mass is 352 g/mol. The molecule has 1 N–H and O–H groups in total. The summed E-state index contributed by atoms with van der Waals surface area (Å²) >= 11 is 0. The van der Waals surface area contributed by atoms with Crippen molar-refractivity contribution in [1.29, 1.82) is 0 Å². The highest BCUT2D eigenvalue weighted by molar-refractivity contribution is 5.69. The molecule has 0 amide bonds. The molecule has 6 nitrogen and oxygen atoms in total. The van der Waals surface area contributed by atoms with Gasteiger partial charge in [0.2, 0.25) is 6.79 Å². The standard InChI is InChI=1S/C20H20N2O4/c1-13-7-17(26-21-13)11-22(2)10-16-8-14(3-5-18(16)23)15-4-6-19-20(9-15)25-12-24-19/h3-9,23H,10-12H2,1-2H3. The Balaban J connectivity index is 1.54. The molecule has 0 spiro atoms. The van der Waals surface area contributed by atoms with E-state index in [0.717, 1.165) is 39.6 Å². The summed E-state index contributed by atoms with van der Waals surface area (Å²) in [4.78, 5) is 2.07. The molecule has 2 aromatic carbocycles. The molecule has 134 valence electrons. The van der Waals surface area contributed by atoms with Gasteiger partial charge in [0, 0.05) is 18.2 Å². The molecule has 0 bridgehead atoms. The fourth-order valence-electron chi connectivity index (χ4n) is 3.07. The normalized spacial score (nSPS) is 12.7. The molecule has 0 fully saturated rings. The van der Waals surface area contributed by atoms with Crippen molar-refractivity contribution in [3.63, 3.8) is 0 Å². The highest BCUT2D eigenvalue weighted by Gasteiger charge is 2.15. The van der Waals surface area contributed by atoms with E-state index >= 15 is 0 Å². The lowest BCUT2D eigenvalue weighted by atomic mass is 10.0. The van der Waals surface area contributed by atoms with Crippen molar-refractivity contribution in [2.45, 2.75) is 20.0 Å². The molecule has 0 saturated heterocycles. The summed E-state index contributed by atoms with van der Waals surface area (Å²) in [6.45, 7) is 3.36. The molecular formula is C20H20N2O4. The smallest absolute Gasteiger partial charge is 0.231 e. The maximum absolute atomic E-state index is 10.2. The molecule has 0 radical (unpaired) electrons. The molecule has 0 aliphatic carbocycles. The molecule has 0 unspecified atom stereocenters. The molecule has 0 atom stereocenters. The van der Waals surface area contributed by atoms with Gasteiger partial charge in [0.05, 0.1) is 12.2 Å². The second-order valence-electron chi connectivity index (χ2n) is 6.52. The Morgan fingerprint density at radius 2 is 1.77 bits per heavy atom. The molecular weight excluding hydrogens is 332 g/mol. The van der Waals surface area contributed by atoms with Crippen molar-refractivity contribution in [1.82, 2.24) is 10.1 Å². The Morgan fingerprint density at radius 3 is 2.58 bits per heavy atom. The second-order valence-corrected chi connectivity index (χ2v) is 6.52. The molecule has 1 aliphatic heterocycles. The molecule has 0 saturated carbocycles. The lowest BCUT2D eigenvalue weighted by molar-refractivity contribution is 0.174. The van der Waals surface area contributed by atoms with E-state index in [9.17, 15) is 5.11 Å². The van der Waals surface area contributed by atoms with Crippen LogP contribution in [0.5, 0.6) is 17.2 Å². The first kappa shape index (κ1) is 16.5. The number of rotatable bonds is 5. The van der Waals surface area contributed by atoms with Gasteiger partial charge in [-0.1, -0.05) is 17.3 Å². The van der Waals surface area contributed by atoms with Crippen LogP contribution in [0.25, 0.3) is 11.1 Å². The number of aromatic nitrogens is 1. The molecule has 4 rings (SSSR count). The van der Waals surface area contributed by atoms with E-state index in [4.69, 9.17) is 14.0 Å². The minimum absolute atomic E-state index is 0.255. The van der Waals surface area contributed by atoms with Gasteiger partial charge in [-0.3, -0.25) is 4.90 Å². The fraction of sp³-hybridized carbons (Fsp3) is 0.250. The highest BCUT2D eigenvalue weighted by Crippen LogP contribution is 2.36. The quantitative estimate of drug-likeness (QED) is 0.755. The van der Waals surface area contributed by atoms with Gasteiger partial charge in [-0.15, -0.1) is 0 Å². The van der Waals surface area contributed by atoms with E-state index in [-0.39, 0.29) is 12.5 Å². The minimum atomic E-state index is 0.255. The highest BCUT2D eigenvalue weighted by atomic mass is 16.7. The van der Waals surface area contributed by atoms with E-state index in [1.54, 1.807) is 6.07 Å². The first-order valence-electron chi connectivity index (χ1n) is 8.41. The number of nitrogens with zero attached hydrogens (tertiary/aromatic N) is 2. The minimum Gasteiger partial charge on any atom is -0.508 e. The van der Waals surface area contributed by atoms with Crippen LogP contribution in [0, 0.1) is 6.92 Å². The second kappa shape index (κ2) is 6.72. The van der Waals surface area contributed by atoms with Crippen LogP contribution in [-0.2, 0) is 13.1 Å². The van der Waals surface area contributed by atoms with Gasteiger partial charge in [-0.05, 0) is 49.4 Å².